The predicted octanol–water partition coefficient (Wildman–Crippen LogP) is 3.74. The van der Waals surface area contributed by atoms with Gasteiger partial charge in [-0.05, 0) is 49.2 Å². The van der Waals surface area contributed by atoms with Crippen molar-refractivity contribution in [3.8, 4) is 17.4 Å². The van der Waals surface area contributed by atoms with Gasteiger partial charge in [0.2, 0.25) is 5.88 Å². The second-order valence-electron chi connectivity index (χ2n) is 8.55. The molecular weight excluding hydrogens is 446 g/mol. The molecule has 35 heavy (non-hydrogen) atoms. The van der Waals surface area contributed by atoms with Crippen molar-refractivity contribution in [2.24, 2.45) is 0 Å². The molecular formula is C26H31N5O4. The van der Waals surface area contributed by atoms with Gasteiger partial charge < -0.3 is 24.4 Å². The highest BCUT2D eigenvalue weighted by molar-refractivity contribution is 5.92. The maximum atomic E-state index is 12.8. The number of pyridine rings is 1. The van der Waals surface area contributed by atoms with Crippen LogP contribution in [0.2, 0.25) is 0 Å². The molecule has 1 saturated heterocycles. The average Bonchev–Trinajstić information content (AvgIpc) is 2.89. The van der Waals surface area contributed by atoms with Crippen LogP contribution >= 0.6 is 0 Å². The van der Waals surface area contributed by atoms with Crippen molar-refractivity contribution < 1.29 is 19.0 Å². The first-order valence-corrected chi connectivity index (χ1v) is 11.7. The van der Waals surface area contributed by atoms with E-state index in [1.807, 2.05) is 44.2 Å². The highest BCUT2D eigenvalue weighted by Gasteiger charge is 2.24. The number of nitrogens with zero attached hydrogens (tertiary/aromatic N) is 4. The first-order valence-electron chi connectivity index (χ1n) is 11.7. The molecule has 1 amide bonds. The monoisotopic (exact) mass is 477 g/mol. The molecule has 1 aliphatic rings. The molecule has 0 saturated carbocycles. The quantitative estimate of drug-likeness (QED) is 0.524. The molecule has 184 valence electrons. The number of ether oxygens (including phenoxy) is 3. The van der Waals surface area contributed by atoms with E-state index in [1.165, 1.54) is 0 Å². The van der Waals surface area contributed by atoms with Crippen LogP contribution in [0.15, 0.2) is 48.7 Å². The molecule has 1 N–H and O–H groups in total. The first-order chi connectivity index (χ1) is 17.0. The second kappa shape index (κ2) is 11.0. The number of carbonyl (C=O) groups excluding carboxylic acids is 1. The van der Waals surface area contributed by atoms with Crippen molar-refractivity contribution in [1.82, 2.24) is 20.5 Å². The van der Waals surface area contributed by atoms with Gasteiger partial charge in [-0.15, -0.1) is 10.2 Å². The van der Waals surface area contributed by atoms with E-state index in [-0.39, 0.29) is 18.1 Å². The standard InChI is InChI=1S/C26H31N5O4/c1-17-15-23(26(32)28-18(2)19-5-7-20(33-3)8-6-19)29-30-25(17)31-13-11-21(12-14-31)35-22-9-10-24(34-4)27-16-22/h5-10,15-16,18,21H,11-14H2,1-4H3,(H,28,32). The average molecular weight is 478 g/mol. The minimum Gasteiger partial charge on any atom is -0.497 e. The van der Waals surface area contributed by atoms with Gasteiger partial charge in [-0.3, -0.25) is 4.79 Å². The summed E-state index contributed by atoms with van der Waals surface area (Å²) in [7, 11) is 3.21. The lowest BCUT2D eigenvalue weighted by Gasteiger charge is -2.33. The van der Waals surface area contributed by atoms with Crippen LogP contribution in [0.4, 0.5) is 5.82 Å². The third-order valence-electron chi connectivity index (χ3n) is 6.12. The molecule has 0 bridgehead atoms. The first kappa shape index (κ1) is 24.3. The summed E-state index contributed by atoms with van der Waals surface area (Å²) >= 11 is 0. The lowest BCUT2D eigenvalue weighted by atomic mass is 10.1. The lowest BCUT2D eigenvalue weighted by molar-refractivity contribution is 0.0933. The maximum absolute atomic E-state index is 12.8. The summed E-state index contributed by atoms with van der Waals surface area (Å²) in [6, 6.07) is 12.9. The number of aryl methyl sites for hydroxylation is 1. The number of anilines is 1. The van der Waals surface area contributed by atoms with E-state index in [1.54, 1.807) is 32.5 Å². The SMILES string of the molecule is COc1ccc(C(C)NC(=O)c2cc(C)c(N3CCC(Oc4ccc(OC)nc4)CC3)nn2)cc1. The molecule has 2 aromatic heterocycles. The topological polar surface area (TPSA) is 98.7 Å². The van der Waals surface area contributed by atoms with E-state index in [0.717, 1.165) is 54.4 Å². The molecule has 1 unspecified atom stereocenters. The molecule has 4 rings (SSSR count). The third-order valence-corrected chi connectivity index (χ3v) is 6.12. The van der Waals surface area contributed by atoms with Gasteiger partial charge in [-0.1, -0.05) is 12.1 Å². The third kappa shape index (κ3) is 5.98. The van der Waals surface area contributed by atoms with Crippen molar-refractivity contribution in [3.63, 3.8) is 0 Å². The fourth-order valence-corrected chi connectivity index (χ4v) is 4.08. The Morgan fingerprint density at radius 2 is 1.74 bits per heavy atom. The van der Waals surface area contributed by atoms with Gasteiger partial charge in [0.1, 0.15) is 17.6 Å². The van der Waals surface area contributed by atoms with Crippen LogP contribution in [0.5, 0.6) is 17.4 Å². The molecule has 0 radical (unpaired) electrons. The maximum Gasteiger partial charge on any atom is 0.272 e. The van der Waals surface area contributed by atoms with Gasteiger partial charge in [0.25, 0.3) is 5.91 Å². The number of hydrogen-bond donors (Lipinski definition) is 1. The van der Waals surface area contributed by atoms with E-state index in [4.69, 9.17) is 14.2 Å². The Bertz CT molecular complexity index is 1130. The molecule has 3 aromatic rings. The van der Waals surface area contributed by atoms with Gasteiger partial charge in [-0.2, -0.15) is 0 Å². The zero-order valence-electron chi connectivity index (χ0n) is 20.5. The molecule has 1 fully saturated rings. The molecule has 9 heteroatoms. The molecule has 3 heterocycles. The summed E-state index contributed by atoms with van der Waals surface area (Å²) in [5, 5.41) is 11.6. The van der Waals surface area contributed by atoms with Crippen molar-refractivity contribution in [3.05, 3.63) is 65.5 Å². The summed E-state index contributed by atoms with van der Waals surface area (Å²) < 4.78 is 16.3. The lowest BCUT2D eigenvalue weighted by Crippen LogP contribution is -2.39. The number of nitrogens with one attached hydrogen (secondary N) is 1. The predicted molar refractivity (Wildman–Crippen MR) is 132 cm³/mol. The van der Waals surface area contributed by atoms with Gasteiger partial charge in [-0.25, -0.2) is 4.98 Å². The fraction of sp³-hybridized carbons (Fsp3) is 0.385. The van der Waals surface area contributed by atoms with Gasteiger partial charge in [0.05, 0.1) is 26.5 Å². The second-order valence-corrected chi connectivity index (χ2v) is 8.55. The van der Waals surface area contributed by atoms with Crippen LogP contribution < -0.4 is 24.4 Å². The summed E-state index contributed by atoms with van der Waals surface area (Å²) in [4.78, 5) is 19.1. The number of hydrogen-bond acceptors (Lipinski definition) is 8. The Hall–Kier alpha value is -3.88. The molecule has 0 aliphatic carbocycles. The van der Waals surface area contributed by atoms with Gasteiger partial charge in [0.15, 0.2) is 11.5 Å². The van der Waals surface area contributed by atoms with E-state index in [0.29, 0.717) is 11.6 Å². The Kier molecular flexibility index (Phi) is 7.64. The summed E-state index contributed by atoms with van der Waals surface area (Å²) in [6.07, 6.45) is 3.50. The minimum absolute atomic E-state index is 0.110. The number of piperidine rings is 1. The zero-order valence-corrected chi connectivity index (χ0v) is 20.5. The van der Waals surface area contributed by atoms with Crippen LogP contribution in [0.3, 0.4) is 0 Å². The number of benzene rings is 1. The number of aromatic nitrogens is 3. The molecule has 0 spiro atoms. The smallest absolute Gasteiger partial charge is 0.272 e. The fourth-order valence-electron chi connectivity index (χ4n) is 4.08. The summed E-state index contributed by atoms with van der Waals surface area (Å²) in [5.41, 5.74) is 2.20. The number of carbonyl (C=O) groups is 1. The van der Waals surface area contributed by atoms with E-state index in [2.05, 4.69) is 25.4 Å². The Morgan fingerprint density at radius 1 is 1.03 bits per heavy atom. The zero-order chi connectivity index (χ0) is 24.8. The molecule has 1 aromatic carbocycles. The highest BCUT2D eigenvalue weighted by Crippen LogP contribution is 2.25. The largest absolute Gasteiger partial charge is 0.497 e. The van der Waals surface area contributed by atoms with Crippen LogP contribution in [0.25, 0.3) is 0 Å². The van der Waals surface area contributed by atoms with Gasteiger partial charge >= 0.3 is 0 Å². The van der Waals surface area contributed by atoms with E-state index < -0.39 is 0 Å². The van der Waals surface area contributed by atoms with Crippen molar-refractivity contribution in [2.75, 3.05) is 32.2 Å². The van der Waals surface area contributed by atoms with Crippen LogP contribution in [-0.4, -0.2) is 54.5 Å². The minimum atomic E-state index is -0.254. The number of rotatable bonds is 8. The normalized spacial score (nSPS) is 14.8. The Balaban J connectivity index is 1.32. The van der Waals surface area contributed by atoms with E-state index in [9.17, 15) is 4.79 Å². The van der Waals surface area contributed by atoms with E-state index >= 15 is 0 Å². The van der Waals surface area contributed by atoms with Crippen LogP contribution in [0.1, 0.15) is 47.4 Å². The highest BCUT2D eigenvalue weighted by atomic mass is 16.5. The summed E-state index contributed by atoms with van der Waals surface area (Å²) in [5.74, 6) is 2.62. The van der Waals surface area contributed by atoms with Gasteiger partial charge in [0, 0.05) is 32.0 Å². The van der Waals surface area contributed by atoms with Crippen LogP contribution in [0, 0.1) is 6.92 Å². The van der Waals surface area contributed by atoms with Crippen LogP contribution in [-0.2, 0) is 0 Å². The number of amides is 1. The van der Waals surface area contributed by atoms with Crippen molar-refractivity contribution in [1.29, 1.82) is 0 Å². The van der Waals surface area contributed by atoms with Crippen molar-refractivity contribution >= 4 is 11.7 Å². The Morgan fingerprint density at radius 3 is 2.34 bits per heavy atom. The number of methoxy groups -OCH3 is 2. The van der Waals surface area contributed by atoms with Crippen molar-refractivity contribution in [2.45, 2.75) is 38.8 Å². The molecule has 1 aliphatic heterocycles. The molecule has 1 atom stereocenters. The molecule has 9 nitrogen and oxygen atoms in total. The Labute approximate surface area is 205 Å². The summed E-state index contributed by atoms with van der Waals surface area (Å²) in [6.45, 7) is 5.48.